The van der Waals surface area contributed by atoms with E-state index < -0.39 is 0 Å². The van der Waals surface area contributed by atoms with E-state index in [4.69, 9.17) is 0 Å². The molecule has 4 heteroatoms. The molecule has 4 nitrogen and oxygen atoms in total. The van der Waals surface area contributed by atoms with Gasteiger partial charge in [0.1, 0.15) is 0 Å². The molecule has 0 radical (unpaired) electrons. The number of para-hydroxylation sites is 1. The van der Waals surface area contributed by atoms with Crippen LogP contribution >= 0.6 is 0 Å². The van der Waals surface area contributed by atoms with Crippen LogP contribution in [0, 0.1) is 0 Å². The summed E-state index contributed by atoms with van der Waals surface area (Å²) in [7, 11) is 0. The quantitative estimate of drug-likeness (QED) is 0.611. The molecule has 0 amide bonds. The van der Waals surface area contributed by atoms with Crippen LogP contribution in [0.25, 0.3) is 11.5 Å². The molecule has 2 heterocycles. The van der Waals surface area contributed by atoms with Crippen molar-refractivity contribution in [2.75, 3.05) is 0 Å². The third kappa shape index (κ3) is 1.24. The molecule has 3 aromatic rings. The molecular formula is C12H9N3O. The summed E-state index contributed by atoms with van der Waals surface area (Å²) in [5, 5.41) is 0. The molecule has 0 aliphatic rings. The van der Waals surface area contributed by atoms with Gasteiger partial charge in [0.2, 0.25) is 5.78 Å². The second-order valence-electron chi connectivity index (χ2n) is 3.46. The lowest BCUT2D eigenvalue weighted by molar-refractivity contribution is 0.944. The Kier molecular flexibility index (Phi) is 1.86. The van der Waals surface area contributed by atoms with Crippen molar-refractivity contribution in [2.45, 2.75) is 0 Å². The maximum Gasteiger partial charge on any atom is 0.259 e. The maximum absolute atomic E-state index is 11.8. The fraction of sp³-hybridized carbons (Fsp3) is 0. The highest BCUT2D eigenvalue weighted by atomic mass is 16.1. The summed E-state index contributed by atoms with van der Waals surface area (Å²) < 4.78 is 3.40. The number of aromatic nitrogens is 3. The topological polar surface area (TPSA) is 39.3 Å². The molecule has 0 saturated heterocycles. The first kappa shape index (κ1) is 8.91. The monoisotopic (exact) mass is 211 g/mol. The van der Waals surface area contributed by atoms with E-state index >= 15 is 0 Å². The Balaban J connectivity index is 2.42. The molecule has 16 heavy (non-hydrogen) atoms. The lowest BCUT2D eigenvalue weighted by Gasteiger charge is -2.06. The average Bonchev–Trinajstić information content (AvgIpc) is 2.78. The highest BCUT2D eigenvalue weighted by Gasteiger charge is 2.05. The molecule has 1 aromatic carbocycles. The summed E-state index contributed by atoms with van der Waals surface area (Å²) in [4.78, 5) is 16.0. The predicted octanol–water partition coefficient (Wildman–Crippen LogP) is 1.49. The Labute approximate surface area is 91.4 Å². The molecule has 0 unspecified atom stereocenters. The van der Waals surface area contributed by atoms with Crippen LogP contribution < -0.4 is 5.56 Å². The number of fused-ring (bicyclic) bond motifs is 1. The summed E-state index contributed by atoms with van der Waals surface area (Å²) in [6.07, 6.45) is 5.20. The zero-order chi connectivity index (χ0) is 11.0. The Morgan fingerprint density at radius 3 is 2.62 bits per heavy atom. The number of hydrogen-bond donors (Lipinski definition) is 0. The molecule has 0 saturated carbocycles. The van der Waals surface area contributed by atoms with Gasteiger partial charge in [-0.25, -0.2) is 9.55 Å². The molecule has 0 N–H and O–H groups in total. The van der Waals surface area contributed by atoms with Crippen molar-refractivity contribution >= 4 is 5.78 Å². The number of benzene rings is 1. The zero-order valence-electron chi connectivity index (χ0n) is 8.45. The minimum absolute atomic E-state index is 0.0788. The van der Waals surface area contributed by atoms with Crippen molar-refractivity contribution in [3.05, 3.63) is 65.3 Å². The Bertz CT molecular complexity index is 682. The van der Waals surface area contributed by atoms with Crippen LogP contribution in [0.4, 0.5) is 0 Å². The van der Waals surface area contributed by atoms with E-state index in [1.807, 2.05) is 40.9 Å². The minimum Gasteiger partial charge on any atom is -0.292 e. The van der Waals surface area contributed by atoms with Gasteiger partial charge in [-0.2, -0.15) is 0 Å². The van der Waals surface area contributed by atoms with Gasteiger partial charge in [-0.1, -0.05) is 18.2 Å². The van der Waals surface area contributed by atoms with E-state index in [1.54, 1.807) is 17.0 Å². The van der Waals surface area contributed by atoms with Gasteiger partial charge in [-0.15, -0.1) is 0 Å². The number of rotatable bonds is 1. The molecular weight excluding hydrogens is 202 g/mol. The molecule has 3 rings (SSSR count). The Morgan fingerprint density at radius 1 is 1.00 bits per heavy atom. The van der Waals surface area contributed by atoms with Gasteiger partial charge in [0.25, 0.3) is 5.56 Å². The van der Waals surface area contributed by atoms with Crippen molar-refractivity contribution in [3.8, 4) is 5.69 Å². The predicted molar refractivity (Wildman–Crippen MR) is 60.8 cm³/mol. The summed E-state index contributed by atoms with van der Waals surface area (Å²) in [5.74, 6) is 0.624. The fourth-order valence-corrected chi connectivity index (χ4v) is 1.73. The Hall–Kier alpha value is -2.36. The van der Waals surface area contributed by atoms with E-state index in [1.165, 1.54) is 6.07 Å². The highest BCUT2D eigenvalue weighted by molar-refractivity contribution is 5.42. The van der Waals surface area contributed by atoms with Crippen LogP contribution in [0.2, 0.25) is 0 Å². The molecule has 0 atom stereocenters. The first-order chi connectivity index (χ1) is 7.86. The SMILES string of the molecule is O=c1ccn2ccnc2n1-c1ccccc1. The van der Waals surface area contributed by atoms with E-state index in [2.05, 4.69) is 4.98 Å². The van der Waals surface area contributed by atoms with Gasteiger partial charge >= 0.3 is 0 Å². The van der Waals surface area contributed by atoms with Crippen LogP contribution in [0.5, 0.6) is 0 Å². The van der Waals surface area contributed by atoms with Crippen molar-refractivity contribution in [2.24, 2.45) is 0 Å². The molecule has 0 aliphatic heterocycles. The summed E-state index contributed by atoms with van der Waals surface area (Å²) >= 11 is 0. The number of nitrogens with zero attached hydrogens (tertiary/aromatic N) is 3. The zero-order valence-corrected chi connectivity index (χ0v) is 8.45. The summed E-state index contributed by atoms with van der Waals surface area (Å²) in [6, 6.07) is 11.0. The van der Waals surface area contributed by atoms with Crippen molar-refractivity contribution in [1.82, 2.24) is 14.0 Å². The van der Waals surface area contributed by atoms with Crippen LogP contribution in [0.15, 0.2) is 59.8 Å². The molecule has 0 spiro atoms. The van der Waals surface area contributed by atoms with Gasteiger partial charge in [0.15, 0.2) is 0 Å². The second kappa shape index (κ2) is 3.34. The number of imidazole rings is 1. The van der Waals surface area contributed by atoms with Gasteiger partial charge < -0.3 is 0 Å². The largest absolute Gasteiger partial charge is 0.292 e. The van der Waals surface area contributed by atoms with Crippen LogP contribution in [0.3, 0.4) is 0 Å². The third-order valence-corrected chi connectivity index (χ3v) is 2.46. The lowest BCUT2D eigenvalue weighted by Crippen LogP contribution is -2.19. The van der Waals surface area contributed by atoms with E-state index in [0.29, 0.717) is 5.78 Å². The maximum atomic E-state index is 11.8. The van der Waals surface area contributed by atoms with Gasteiger partial charge in [-0.05, 0) is 12.1 Å². The van der Waals surface area contributed by atoms with Gasteiger partial charge in [0.05, 0.1) is 5.69 Å². The van der Waals surface area contributed by atoms with Gasteiger partial charge in [-0.3, -0.25) is 9.20 Å². The van der Waals surface area contributed by atoms with Crippen molar-refractivity contribution in [1.29, 1.82) is 0 Å². The molecule has 78 valence electrons. The fourth-order valence-electron chi connectivity index (χ4n) is 1.73. The smallest absolute Gasteiger partial charge is 0.259 e. The third-order valence-electron chi connectivity index (χ3n) is 2.46. The molecule has 0 aliphatic carbocycles. The first-order valence-corrected chi connectivity index (χ1v) is 4.96. The van der Waals surface area contributed by atoms with Crippen molar-refractivity contribution < 1.29 is 0 Å². The standard InChI is InChI=1S/C12H9N3O/c16-11-6-8-14-9-7-13-12(14)15(11)10-4-2-1-3-5-10/h1-9H. The second-order valence-corrected chi connectivity index (χ2v) is 3.46. The van der Waals surface area contributed by atoms with Crippen molar-refractivity contribution in [3.63, 3.8) is 0 Å². The average molecular weight is 211 g/mol. The molecule has 0 bridgehead atoms. The van der Waals surface area contributed by atoms with Crippen LogP contribution in [0.1, 0.15) is 0 Å². The lowest BCUT2D eigenvalue weighted by atomic mass is 10.3. The summed E-state index contributed by atoms with van der Waals surface area (Å²) in [5.41, 5.74) is 0.745. The molecule has 0 fully saturated rings. The first-order valence-electron chi connectivity index (χ1n) is 4.96. The summed E-state index contributed by atoms with van der Waals surface area (Å²) in [6.45, 7) is 0. The normalized spacial score (nSPS) is 10.8. The minimum atomic E-state index is -0.0788. The van der Waals surface area contributed by atoms with E-state index in [9.17, 15) is 4.79 Å². The highest BCUT2D eigenvalue weighted by Crippen LogP contribution is 2.07. The molecule has 2 aromatic heterocycles. The van der Waals surface area contributed by atoms with Crippen LogP contribution in [-0.4, -0.2) is 14.0 Å². The Morgan fingerprint density at radius 2 is 1.81 bits per heavy atom. The van der Waals surface area contributed by atoms with E-state index in [0.717, 1.165) is 5.69 Å². The number of hydrogen-bond acceptors (Lipinski definition) is 2. The van der Waals surface area contributed by atoms with Crippen LogP contribution in [-0.2, 0) is 0 Å². The van der Waals surface area contributed by atoms with Gasteiger partial charge in [0, 0.05) is 24.7 Å². The van der Waals surface area contributed by atoms with E-state index in [-0.39, 0.29) is 5.56 Å².